The number of carbonyl (C=O) groups is 1. The number of aromatic nitrogens is 3. The average Bonchev–Trinajstić information content (AvgIpc) is 3.23. The molecule has 0 saturated heterocycles. The van der Waals surface area contributed by atoms with Crippen molar-refractivity contribution in [2.75, 3.05) is 5.75 Å². The summed E-state index contributed by atoms with van der Waals surface area (Å²) in [5, 5.41) is 5.19. The van der Waals surface area contributed by atoms with Crippen molar-refractivity contribution in [3.63, 3.8) is 0 Å². The Morgan fingerprint density at radius 3 is 2.79 bits per heavy atom. The highest BCUT2D eigenvalue weighted by atomic mass is 32.2. The molecule has 1 N–H and O–H groups in total. The van der Waals surface area contributed by atoms with E-state index in [0.717, 1.165) is 47.2 Å². The van der Waals surface area contributed by atoms with Gasteiger partial charge in [-0.15, -0.1) is 11.3 Å². The second kappa shape index (κ2) is 9.68. The van der Waals surface area contributed by atoms with Crippen LogP contribution in [0.1, 0.15) is 29.0 Å². The number of para-hydroxylation sites is 1. The maximum absolute atomic E-state index is 13.6. The predicted molar refractivity (Wildman–Crippen MR) is 133 cm³/mol. The molecule has 7 nitrogen and oxygen atoms in total. The van der Waals surface area contributed by atoms with Gasteiger partial charge in [-0.05, 0) is 55.5 Å². The molecule has 33 heavy (non-hydrogen) atoms. The van der Waals surface area contributed by atoms with Gasteiger partial charge < -0.3 is 0 Å². The maximum Gasteiger partial charge on any atom is 0.267 e. The van der Waals surface area contributed by atoms with E-state index in [2.05, 4.69) is 15.5 Å². The molecule has 1 aromatic carbocycles. The first-order valence-electron chi connectivity index (χ1n) is 10.7. The van der Waals surface area contributed by atoms with Gasteiger partial charge in [-0.3, -0.25) is 19.1 Å². The summed E-state index contributed by atoms with van der Waals surface area (Å²) < 4.78 is 1.62. The molecule has 0 spiro atoms. The highest BCUT2D eigenvalue weighted by molar-refractivity contribution is 7.99. The average molecular weight is 476 g/mol. The molecule has 1 aliphatic carbocycles. The Kier molecular flexibility index (Phi) is 6.32. The fourth-order valence-electron chi connectivity index (χ4n) is 3.87. The van der Waals surface area contributed by atoms with Gasteiger partial charge in [0.05, 0.1) is 28.7 Å². The lowest BCUT2D eigenvalue weighted by Gasteiger charge is -2.13. The summed E-state index contributed by atoms with van der Waals surface area (Å²) in [6, 6.07) is 14.9. The van der Waals surface area contributed by atoms with E-state index in [-0.39, 0.29) is 17.2 Å². The molecule has 5 rings (SSSR count). The highest BCUT2D eigenvalue weighted by Crippen LogP contribution is 2.35. The third-order valence-corrected chi connectivity index (χ3v) is 7.50. The van der Waals surface area contributed by atoms with E-state index in [1.807, 2.05) is 42.5 Å². The van der Waals surface area contributed by atoms with Crippen LogP contribution in [0.2, 0.25) is 0 Å². The number of nitrogens with zero attached hydrogens (tertiary/aromatic N) is 4. The third kappa shape index (κ3) is 4.60. The number of pyridine rings is 1. The molecule has 166 valence electrons. The number of nitrogens with one attached hydrogen (secondary N) is 1. The molecule has 1 aliphatic rings. The van der Waals surface area contributed by atoms with Crippen LogP contribution in [0.15, 0.2) is 69.8 Å². The van der Waals surface area contributed by atoms with Gasteiger partial charge >= 0.3 is 0 Å². The van der Waals surface area contributed by atoms with Crippen molar-refractivity contribution in [1.82, 2.24) is 20.0 Å². The zero-order valence-electron chi connectivity index (χ0n) is 17.7. The molecule has 3 aromatic heterocycles. The Balaban J connectivity index is 1.44. The Bertz CT molecular complexity index is 1380. The van der Waals surface area contributed by atoms with Crippen molar-refractivity contribution < 1.29 is 4.79 Å². The molecule has 0 saturated carbocycles. The van der Waals surface area contributed by atoms with Gasteiger partial charge in [0.25, 0.3) is 11.5 Å². The number of rotatable bonds is 6. The number of hydrazone groups is 1. The molecule has 0 fully saturated rings. The fraction of sp³-hybridized carbons (Fsp3) is 0.208. The van der Waals surface area contributed by atoms with Crippen LogP contribution in [0.4, 0.5) is 0 Å². The number of benzene rings is 1. The highest BCUT2D eigenvalue weighted by Gasteiger charge is 2.23. The van der Waals surface area contributed by atoms with E-state index in [4.69, 9.17) is 4.98 Å². The van der Waals surface area contributed by atoms with Crippen LogP contribution in [0.5, 0.6) is 0 Å². The zero-order valence-corrected chi connectivity index (χ0v) is 19.4. The van der Waals surface area contributed by atoms with Crippen LogP contribution in [0.25, 0.3) is 15.9 Å². The van der Waals surface area contributed by atoms with Crippen molar-refractivity contribution in [2.45, 2.75) is 30.8 Å². The molecular formula is C24H21N5O2S2. The van der Waals surface area contributed by atoms with E-state index in [0.29, 0.717) is 10.9 Å². The van der Waals surface area contributed by atoms with E-state index in [1.54, 1.807) is 28.2 Å². The predicted octanol–water partition coefficient (Wildman–Crippen LogP) is 3.96. The minimum atomic E-state index is -0.286. The van der Waals surface area contributed by atoms with E-state index in [9.17, 15) is 9.59 Å². The number of thioether (sulfide) groups is 1. The lowest BCUT2D eigenvalue weighted by Crippen LogP contribution is -2.24. The van der Waals surface area contributed by atoms with Crippen molar-refractivity contribution in [1.29, 1.82) is 0 Å². The van der Waals surface area contributed by atoms with Gasteiger partial charge in [-0.25, -0.2) is 10.4 Å². The molecule has 0 atom stereocenters. The summed E-state index contributed by atoms with van der Waals surface area (Å²) in [5.41, 5.74) is 4.99. The van der Waals surface area contributed by atoms with Crippen molar-refractivity contribution >= 4 is 45.4 Å². The van der Waals surface area contributed by atoms with Crippen LogP contribution >= 0.6 is 23.1 Å². The molecule has 0 bridgehead atoms. The van der Waals surface area contributed by atoms with Crippen LogP contribution < -0.4 is 11.0 Å². The van der Waals surface area contributed by atoms with Gasteiger partial charge in [-0.1, -0.05) is 36.0 Å². The first-order chi connectivity index (χ1) is 16.2. The lowest BCUT2D eigenvalue weighted by molar-refractivity contribution is -0.118. The summed E-state index contributed by atoms with van der Waals surface area (Å²) in [6.07, 6.45) is 7.31. The quantitative estimate of drug-likeness (QED) is 0.197. The van der Waals surface area contributed by atoms with Crippen LogP contribution in [0, 0.1) is 0 Å². The van der Waals surface area contributed by atoms with Gasteiger partial charge in [0, 0.05) is 11.1 Å². The number of thiophene rings is 1. The Morgan fingerprint density at radius 1 is 1.15 bits per heavy atom. The minimum absolute atomic E-state index is 0.0679. The molecule has 0 unspecified atom stereocenters. The van der Waals surface area contributed by atoms with Gasteiger partial charge in [0.15, 0.2) is 5.16 Å². The van der Waals surface area contributed by atoms with Crippen LogP contribution in [-0.2, 0) is 17.6 Å². The largest absolute Gasteiger partial charge is 0.272 e. The van der Waals surface area contributed by atoms with Gasteiger partial charge in [0.2, 0.25) is 0 Å². The summed E-state index contributed by atoms with van der Waals surface area (Å²) in [5.74, 6) is -0.207. The van der Waals surface area contributed by atoms with Crippen molar-refractivity contribution in [3.8, 4) is 5.69 Å². The lowest BCUT2D eigenvalue weighted by atomic mass is 9.97. The SMILES string of the molecule is O=C(CSc1nc2sc3c(c2c(=O)n1-c1ccccc1)CCCC3)N/N=C\c1ccccn1. The van der Waals surface area contributed by atoms with E-state index < -0.39 is 0 Å². The minimum Gasteiger partial charge on any atom is -0.272 e. The topological polar surface area (TPSA) is 89.2 Å². The fourth-order valence-corrected chi connectivity index (χ4v) is 5.98. The normalized spacial score (nSPS) is 13.3. The van der Waals surface area contributed by atoms with E-state index in [1.165, 1.54) is 22.9 Å². The van der Waals surface area contributed by atoms with Gasteiger partial charge in [-0.2, -0.15) is 5.10 Å². The number of hydrogen-bond acceptors (Lipinski definition) is 7. The van der Waals surface area contributed by atoms with Crippen LogP contribution in [0.3, 0.4) is 0 Å². The smallest absolute Gasteiger partial charge is 0.267 e. The molecule has 3 heterocycles. The maximum atomic E-state index is 13.6. The number of aryl methyl sites for hydroxylation is 2. The molecule has 0 aliphatic heterocycles. The standard InChI is InChI=1S/C24H21N5O2S2/c30-20(28-26-14-16-8-6-7-13-25-16)15-32-24-27-22-21(18-11-4-5-12-19(18)33-22)23(31)29(24)17-9-2-1-3-10-17/h1-3,6-10,13-14H,4-5,11-12,15H2,(H,28,30)/b26-14-. The Hall–Kier alpha value is -3.30. The summed E-state index contributed by atoms with van der Waals surface area (Å²) >= 11 is 2.84. The van der Waals surface area contributed by atoms with Crippen molar-refractivity contribution in [3.05, 3.63) is 81.2 Å². The zero-order chi connectivity index (χ0) is 22.6. The number of amides is 1. The van der Waals surface area contributed by atoms with Gasteiger partial charge in [0.1, 0.15) is 4.83 Å². The van der Waals surface area contributed by atoms with Crippen molar-refractivity contribution in [2.24, 2.45) is 5.10 Å². The summed E-state index contributed by atoms with van der Waals surface area (Å²) in [4.78, 5) is 37.0. The molecule has 1 amide bonds. The second-order valence-electron chi connectivity index (χ2n) is 7.60. The number of carbonyl (C=O) groups excluding carboxylic acids is 1. The molecule has 9 heteroatoms. The Morgan fingerprint density at radius 2 is 1.97 bits per heavy atom. The number of fused-ring (bicyclic) bond motifs is 3. The third-order valence-electron chi connectivity index (χ3n) is 5.38. The monoisotopic (exact) mass is 475 g/mol. The first kappa shape index (κ1) is 21.5. The number of hydrogen-bond donors (Lipinski definition) is 1. The second-order valence-corrected chi connectivity index (χ2v) is 9.62. The first-order valence-corrected chi connectivity index (χ1v) is 12.5. The Labute approximate surface area is 198 Å². The summed E-state index contributed by atoms with van der Waals surface area (Å²) in [6.45, 7) is 0. The van der Waals surface area contributed by atoms with E-state index >= 15 is 0 Å². The molecule has 0 radical (unpaired) electrons. The molecule has 4 aromatic rings. The van der Waals surface area contributed by atoms with Crippen LogP contribution in [-0.4, -0.2) is 32.4 Å². The molecular weight excluding hydrogens is 454 g/mol. The summed E-state index contributed by atoms with van der Waals surface area (Å²) in [7, 11) is 0.